The van der Waals surface area contributed by atoms with Crippen molar-refractivity contribution >= 4 is 23.8 Å². The van der Waals surface area contributed by atoms with Crippen molar-refractivity contribution in [2.45, 2.75) is 49.9 Å². The number of aliphatic hydroxyl groups is 1. The molecule has 2 fully saturated rings. The fourth-order valence-electron chi connectivity index (χ4n) is 3.64. The molecule has 2 unspecified atom stereocenters. The van der Waals surface area contributed by atoms with Gasteiger partial charge in [-0.1, -0.05) is 0 Å². The topological polar surface area (TPSA) is 161 Å². The van der Waals surface area contributed by atoms with Gasteiger partial charge in [0.05, 0.1) is 6.54 Å². The average Bonchev–Trinajstić information content (AvgIpc) is 3.03. The van der Waals surface area contributed by atoms with E-state index < -0.39 is 48.0 Å². The number of nitrogens with two attached hydrogens (primary N) is 1. The molecule has 0 radical (unpaired) electrons. The van der Waals surface area contributed by atoms with Crippen molar-refractivity contribution in [1.82, 2.24) is 9.80 Å². The SMILES string of the molecule is NCC(=O)N1CCCC12CC(O)N([C@@H](CCC(=O)O)C(=O)O)C2=O. The van der Waals surface area contributed by atoms with Crippen LogP contribution in [0.1, 0.15) is 32.1 Å². The van der Waals surface area contributed by atoms with Crippen LogP contribution in [0.3, 0.4) is 0 Å². The molecule has 24 heavy (non-hydrogen) atoms. The van der Waals surface area contributed by atoms with Crippen LogP contribution in [0.15, 0.2) is 0 Å². The Morgan fingerprint density at radius 1 is 1.33 bits per heavy atom. The first-order valence-electron chi connectivity index (χ1n) is 7.70. The quantitative estimate of drug-likeness (QED) is 0.438. The van der Waals surface area contributed by atoms with Gasteiger partial charge in [0.1, 0.15) is 17.8 Å². The van der Waals surface area contributed by atoms with E-state index in [4.69, 9.17) is 10.8 Å². The third-order valence-corrected chi connectivity index (χ3v) is 4.69. The molecule has 2 saturated heterocycles. The number of carbonyl (C=O) groups is 4. The minimum Gasteiger partial charge on any atom is -0.481 e. The van der Waals surface area contributed by atoms with Crippen molar-refractivity contribution in [3.8, 4) is 0 Å². The van der Waals surface area contributed by atoms with Gasteiger partial charge in [-0.25, -0.2) is 4.79 Å². The number of amides is 2. The van der Waals surface area contributed by atoms with Crippen LogP contribution >= 0.6 is 0 Å². The summed E-state index contributed by atoms with van der Waals surface area (Å²) in [6.45, 7) is 0.0295. The highest BCUT2D eigenvalue weighted by Crippen LogP contribution is 2.42. The van der Waals surface area contributed by atoms with Crippen LogP contribution in [0.5, 0.6) is 0 Å². The fourth-order valence-corrected chi connectivity index (χ4v) is 3.64. The summed E-state index contributed by atoms with van der Waals surface area (Å²) in [5.41, 5.74) is 4.08. The fraction of sp³-hybridized carbons (Fsp3) is 0.714. The van der Waals surface area contributed by atoms with E-state index in [9.17, 15) is 29.4 Å². The maximum absolute atomic E-state index is 12.9. The summed E-state index contributed by atoms with van der Waals surface area (Å²) in [6.07, 6.45) is -1.41. The highest BCUT2D eigenvalue weighted by Gasteiger charge is 2.60. The standard InChI is InChI=1S/C14H21N3O7/c15-7-10(19)16-5-1-4-14(16)6-9(18)17(13(14)24)8(12(22)23)2-3-11(20)21/h8-9,18H,1-7,15H2,(H,20,21)(H,22,23)/t8-,9?,14?/m0/s1. The number of hydrogen-bond acceptors (Lipinski definition) is 6. The third kappa shape index (κ3) is 2.94. The van der Waals surface area contributed by atoms with Crippen LogP contribution in [0.25, 0.3) is 0 Å². The number of aliphatic carboxylic acids is 2. The summed E-state index contributed by atoms with van der Waals surface area (Å²) in [5.74, 6) is -3.69. The summed E-state index contributed by atoms with van der Waals surface area (Å²) in [5, 5.41) is 28.3. The lowest BCUT2D eigenvalue weighted by Crippen LogP contribution is -2.56. The van der Waals surface area contributed by atoms with Crippen LogP contribution in [0.2, 0.25) is 0 Å². The van der Waals surface area contributed by atoms with Crippen molar-refractivity contribution in [2.75, 3.05) is 13.1 Å². The third-order valence-electron chi connectivity index (χ3n) is 4.69. The van der Waals surface area contributed by atoms with E-state index in [-0.39, 0.29) is 19.4 Å². The molecule has 2 aliphatic rings. The van der Waals surface area contributed by atoms with Gasteiger partial charge >= 0.3 is 11.9 Å². The number of carbonyl (C=O) groups excluding carboxylic acids is 2. The summed E-state index contributed by atoms with van der Waals surface area (Å²) in [6, 6.07) is -1.46. The molecule has 3 atom stereocenters. The summed E-state index contributed by atoms with van der Waals surface area (Å²) >= 11 is 0. The van der Waals surface area contributed by atoms with Gasteiger partial charge in [-0.2, -0.15) is 0 Å². The second kappa shape index (κ2) is 6.73. The number of aliphatic hydroxyl groups excluding tert-OH is 1. The highest BCUT2D eigenvalue weighted by molar-refractivity contribution is 5.96. The average molecular weight is 343 g/mol. The molecule has 10 heteroatoms. The molecular weight excluding hydrogens is 322 g/mol. The second-order valence-corrected chi connectivity index (χ2v) is 6.07. The Morgan fingerprint density at radius 3 is 2.54 bits per heavy atom. The lowest BCUT2D eigenvalue weighted by atomic mass is 9.93. The van der Waals surface area contributed by atoms with Gasteiger partial charge < -0.3 is 30.9 Å². The summed E-state index contributed by atoms with van der Waals surface area (Å²) in [4.78, 5) is 49.2. The van der Waals surface area contributed by atoms with Gasteiger partial charge in [-0.15, -0.1) is 0 Å². The Morgan fingerprint density at radius 2 is 2.00 bits per heavy atom. The summed E-state index contributed by atoms with van der Waals surface area (Å²) in [7, 11) is 0. The van der Waals surface area contributed by atoms with Crippen LogP contribution in [-0.4, -0.2) is 79.8 Å². The zero-order valence-corrected chi connectivity index (χ0v) is 13.1. The number of rotatable bonds is 6. The van der Waals surface area contributed by atoms with E-state index in [0.717, 1.165) is 4.90 Å². The summed E-state index contributed by atoms with van der Waals surface area (Å²) < 4.78 is 0. The molecule has 0 saturated carbocycles. The normalized spacial score (nSPS) is 27.8. The number of hydrogen-bond donors (Lipinski definition) is 4. The lowest BCUT2D eigenvalue weighted by Gasteiger charge is -2.34. The Labute approximate surface area is 137 Å². The molecule has 2 heterocycles. The van der Waals surface area contributed by atoms with E-state index in [1.807, 2.05) is 0 Å². The molecule has 2 aliphatic heterocycles. The predicted octanol–water partition coefficient (Wildman–Crippen LogP) is -1.82. The molecule has 10 nitrogen and oxygen atoms in total. The molecule has 134 valence electrons. The molecule has 0 aromatic heterocycles. The van der Waals surface area contributed by atoms with E-state index >= 15 is 0 Å². The Hall–Kier alpha value is -2.20. The molecule has 0 aromatic carbocycles. The van der Waals surface area contributed by atoms with E-state index in [1.54, 1.807) is 0 Å². The Kier molecular flexibility index (Phi) is 5.09. The van der Waals surface area contributed by atoms with Gasteiger partial charge in [-0.3, -0.25) is 14.4 Å². The van der Waals surface area contributed by atoms with Crippen LogP contribution in [-0.2, 0) is 19.2 Å². The monoisotopic (exact) mass is 343 g/mol. The molecule has 1 spiro atoms. The molecule has 5 N–H and O–H groups in total. The first-order valence-corrected chi connectivity index (χ1v) is 7.70. The van der Waals surface area contributed by atoms with Crippen molar-refractivity contribution in [3.63, 3.8) is 0 Å². The smallest absolute Gasteiger partial charge is 0.326 e. The van der Waals surface area contributed by atoms with Gasteiger partial charge in [0.25, 0.3) is 5.91 Å². The second-order valence-electron chi connectivity index (χ2n) is 6.07. The zero-order chi connectivity index (χ0) is 18.1. The van der Waals surface area contributed by atoms with Crippen molar-refractivity contribution in [2.24, 2.45) is 5.73 Å². The molecule has 0 bridgehead atoms. The lowest BCUT2D eigenvalue weighted by molar-refractivity contribution is -0.158. The van der Waals surface area contributed by atoms with E-state index in [1.165, 1.54) is 4.90 Å². The minimum atomic E-state index is -1.46. The molecular formula is C14H21N3O7. The van der Waals surface area contributed by atoms with Crippen molar-refractivity contribution in [1.29, 1.82) is 0 Å². The van der Waals surface area contributed by atoms with Crippen molar-refractivity contribution in [3.05, 3.63) is 0 Å². The Balaban J connectivity index is 2.29. The zero-order valence-electron chi connectivity index (χ0n) is 13.1. The maximum atomic E-state index is 12.9. The Bertz CT molecular complexity index is 567. The van der Waals surface area contributed by atoms with Crippen LogP contribution in [0.4, 0.5) is 0 Å². The number of carboxylic acid groups (broad SMARTS) is 2. The molecule has 0 aromatic rings. The molecule has 2 amide bonds. The van der Waals surface area contributed by atoms with Crippen LogP contribution < -0.4 is 5.73 Å². The number of carboxylic acids is 2. The maximum Gasteiger partial charge on any atom is 0.326 e. The number of likely N-dealkylation sites (tertiary alicyclic amines) is 2. The van der Waals surface area contributed by atoms with E-state index in [2.05, 4.69) is 0 Å². The van der Waals surface area contributed by atoms with Gasteiger partial charge in [-0.05, 0) is 19.3 Å². The van der Waals surface area contributed by atoms with Crippen LogP contribution in [0, 0.1) is 0 Å². The first kappa shape index (κ1) is 18.1. The predicted molar refractivity (Wildman–Crippen MR) is 78.5 cm³/mol. The number of nitrogens with zero attached hydrogens (tertiary/aromatic N) is 2. The van der Waals surface area contributed by atoms with Crippen molar-refractivity contribution < 1.29 is 34.5 Å². The van der Waals surface area contributed by atoms with E-state index in [0.29, 0.717) is 19.4 Å². The first-order chi connectivity index (χ1) is 11.2. The highest BCUT2D eigenvalue weighted by atomic mass is 16.4. The van der Waals surface area contributed by atoms with Gasteiger partial charge in [0.15, 0.2) is 0 Å². The molecule has 2 rings (SSSR count). The molecule has 0 aliphatic carbocycles. The van der Waals surface area contributed by atoms with Gasteiger partial charge in [0.2, 0.25) is 5.91 Å². The largest absolute Gasteiger partial charge is 0.481 e. The van der Waals surface area contributed by atoms with Gasteiger partial charge in [0, 0.05) is 19.4 Å². The minimum absolute atomic E-state index is 0.103.